The molecule has 166 valence electrons. The smallest absolute Gasteiger partial charge is 0.305 e. The predicted octanol–water partition coefficient (Wildman–Crippen LogP) is 6.99. The summed E-state index contributed by atoms with van der Waals surface area (Å²) in [7, 11) is 0. The molecular weight excluding hydrogens is 352 g/mol. The number of unbranched alkanes of at least 4 members (excludes halogenated alkanes) is 9. The lowest BCUT2D eigenvalue weighted by atomic mass is 10.0. The molecule has 0 fully saturated rings. The minimum Gasteiger partial charge on any atom is -0.466 e. The average molecular weight is 399 g/mol. The summed E-state index contributed by atoms with van der Waals surface area (Å²) in [6.07, 6.45) is 16.5. The van der Waals surface area contributed by atoms with Gasteiger partial charge in [-0.25, -0.2) is 0 Å². The largest absolute Gasteiger partial charge is 0.466 e. The van der Waals surface area contributed by atoms with E-state index in [0.29, 0.717) is 32.0 Å². The molecule has 0 aliphatic rings. The summed E-state index contributed by atoms with van der Waals surface area (Å²) >= 11 is 0. The summed E-state index contributed by atoms with van der Waals surface area (Å²) in [5, 5.41) is 0. The second-order valence-electron chi connectivity index (χ2n) is 8.00. The Morgan fingerprint density at radius 1 is 0.643 bits per heavy atom. The van der Waals surface area contributed by atoms with Crippen molar-refractivity contribution >= 4 is 11.9 Å². The number of rotatable bonds is 20. The molecule has 0 bridgehead atoms. The molecule has 0 N–H and O–H groups in total. The highest BCUT2D eigenvalue weighted by molar-refractivity contribution is 5.69. The highest BCUT2D eigenvalue weighted by Gasteiger charge is 2.10. The van der Waals surface area contributed by atoms with Crippen LogP contribution in [0.1, 0.15) is 124 Å². The topological polar surface area (TPSA) is 52.6 Å². The Balaban J connectivity index is 3.42. The fourth-order valence-electron chi connectivity index (χ4n) is 3.21. The fraction of sp³-hybridized carbons (Fsp3) is 0.917. The minimum absolute atomic E-state index is 0.0448. The number of carbonyl (C=O) groups excluding carboxylic acids is 2. The molecule has 0 aliphatic carbocycles. The maximum Gasteiger partial charge on any atom is 0.305 e. The van der Waals surface area contributed by atoms with Crippen molar-refractivity contribution in [1.29, 1.82) is 0 Å². The molecule has 0 rings (SSSR count). The third-order valence-corrected chi connectivity index (χ3v) is 5.30. The Hall–Kier alpha value is -1.06. The first-order valence-corrected chi connectivity index (χ1v) is 11.9. The number of ether oxygens (including phenoxy) is 2. The molecular formula is C24H46O4. The van der Waals surface area contributed by atoms with E-state index in [4.69, 9.17) is 9.47 Å². The Morgan fingerprint density at radius 3 is 1.75 bits per heavy atom. The Labute approximate surface area is 174 Å². The van der Waals surface area contributed by atoms with Crippen molar-refractivity contribution in [3.05, 3.63) is 0 Å². The van der Waals surface area contributed by atoms with E-state index in [1.807, 2.05) is 0 Å². The minimum atomic E-state index is -0.0523. The maximum atomic E-state index is 11.8. The van der Waals surface area contributed by atoms with Crippen LogP contribution in [0.4, 0.5) is 0 Å². The number of carbonyl (C=O) groups is 2. The SMILES string of the molecule is CCCCCCOC(=O)CCCCCCCCC(=O)OCC(CC)CCCC. The first-order valence-electron chi connectivity index (χ1n) is 11.9. The van der Waals surface area contributed by atoms with Gasteiger partial charge in [0.1, 0.15) is 0 Å². The standard InChI is InChI=1S/C24H46O4/c1-4-7-9-16-20-27-23(25)18-14-12-10-11-13-15-19-24(26)28-21-22(6-3)17-8-5-2/h22H,4-21H2,1-3H3. The second kappa shape index (κ2) is 20.7. The molecule has 1 atom stereocenters. The molecule has 0 aliphatic heterocycles. The van der Waals surface area contributed by atoms with E-state index in [-0.39, 0.29) is 11.9 Å². The number of hydrogen-bond acceptors (Lipinski definition) is 4. The summed E-state index contributed by atoms with van der Waals surface area (Å²) in [4.78, 5) is 23.4. The van der Waals surface area contributed by atoms with E-state index in [1.165, 1.54) is 25.7 Å². The Kier molecular flexibility index (Phi) is 19.9. The van der Waals surface area contributed by atoms with Crippen LogP contribution in [0.2, 0.25) is 0 Å². The summed E-state index contributed by atoms with van der Waals surface area (Å²) in [5.41, 5.74) is 0. The van der Waals surface area contributed by atoms with Crippen LogP contribution in [0.5, 0.6) is 0 Å². The van der Waals surface area contributed by atoms with Crippen LogP contribution in [0.25, 0.3) is 0 Å². The van der Waals surface area contributed by atoms with Gasteiger partial charge in [-0.15, -0.1) is 0 Å². The zero-order chi connectivity index (χ0) is 20.9. The lowest BCUT2D eigenvalue weighted by Gasteiger charge is -2.14. The summed E-state index contributed by atoms with van der Waals surface area (Å²) in [5.74, 6) is 0.423. The van der Waals surface area contributed by atoms with Crippen molar-refractivity contribution in [2.45, 2.75) is 124 Å². The van der Waals surface area contributed by atoms with Gasteiger partial charge in [0.05, 0.1) is 13.2 Å². The molecule has 0 heterocycles. The van der Waals surface area contributed by atoms with Crippen molar-refractivity contribution in [2.24, 2.45) is 5.92 Å². The Morgan fingerprint density at radius 2 is 1.18 bits per heavy atom. The molecule has 0 aromatic heterocycles. The van der Waals surface area contributed by atoms with Gasteiger partial charge < -0.3 is 9.47 Å². The van der Waals surface area contributed by atoms with E-state index >= 15 is 0 Å². The van der Waals surface area contributed by atoms with E-state index in [1.54, 1.807) is 0 Å². The van der Waals surface area contributed by atoms with Gasteiger partial charge in [-0.1, -0.05) is 85.0 Å². The zero-order valence-electron chi connectivity index (χ0n) is 18.9. The van der Waals surface area contributed by atoms with Gasteiger partial charge in [0.15, 0.2) is 0 Å². The Bertz CT molecular complexity index is 368. The van der Waals surface area contributed by atoms with Crippen LogP contribution < -0.4 is 0 Å². The van der Waals surface area contributed by atoms with Crippen LogP contribution >= 0.6 is 0 Å². The molecule has 4 heteroatoms. The fourth-order valence-corrected chi connectivity index (χ4v) is 3.21. The van der Waals surface area contributed by atoms with Gasteiger partial charge >= 0.3 is 11.9 Å². The van der Waals surface area contributed by atoms with Crippen molar-refractivity contribution in [2.75, 3.05) is 13.2 Å². The van der Waals surface area contributed by atoms with Crippen LogP contribution in [0.15, 0.2) is 0 Å². The third kappa shape index (κ3) is 18.3. The lowest BCUT2D eigenvalue weighted by Crippen LogP contribution is -2.13. The second-order valence-corrected chi connectivity index (χ2v) is 8.00. The summed E-state index contributed by atoms with van der Waals surface area (Å²) in [6.45, 7) is 7.70. The average Bonchev–Trinajstić information content (AvgIpc) is 2.70. The molecule has 1 unspecified atom stereocenters. The highest BCUT2D eigenvalue weighted by atomic mass is 16.5. The third-order valence-electron chi connectivity index (χ3n) is 5.30. The first-order chi connectivity index (χ1) is 13.6. The molecule has 0 radical (unpaired) electrons. The van der Waals surface area contributed by atoms with E-state index in [0.717, 1.165) is 64.2 Å². The number of esters is 2. The summed E-state index contributed by atoms with van der Waals surface area (Å²) < 4.78 is 10.7. The van der Waals surface area contributed by atoms with Gasteiger partial charge in [-0.05, 0) is 31.6 Å². The molecule has 28 heavy (non-hydrogen) atoms. The van der Waals surface area contributed by atoms with Gasteiger partial charge in [0, 0.05) is 12.8 Å². The molecule has 0 spiro atoms. The normalized spacial score (nSPS) is 12.0. The lowest BCUT2D eigenvalue weighted by molar-refractivity contribution is -0.145. The van der Waals surface area contributed by atoms with Crippen molar-refractivity contribution < 1.29 is 19.1 Å². The van der Waals surface area contributed by atoms with E-state index in [9.17, 15) is 9.59 Å². The maximum absolute atomic E-state index is 11.8. The molecule has 0 saturated carbocycles. The van der Waals surface area contributed by atoms with Crippen molar-refractivity contribution in [3.8, 4) is 0 Å². The zero-order valence-corrected chi connectivity index (χ0v) is 18.9. The molecule has 0 saturated heterocycles. The van der Waals surface area contributed by atoms with Gasteiger partial charge in [0.25, 0.3) is 0 Å². The molecule has 0 amide bonds. The quantitative estimate of drug-likeness (QED) is 0.164. The van der Waals surface area contributed by atoms with Crippen LogP contribution in [-0.2, 0) is 19.1 Å². The summed E-state index contributed by atoms with van der Waals surface area (Å²) in [6, 6.07) is 0. The van der Waals surface area contributed by atoms with Crippen LogP contribution in [-0.4, -0.2) is 25.2 Å². The van der Waals surface area contributed by atoms with E-state index < -0.39 is 0 Å². The highest BCUT2D eigenvalue weighted by Crippen LogP contribution is 2.14. The van der Waals surface area contributed by atoms with Crippen molar-refractivity contribution in [3.63, 3.8) is 0 Å². The van der Waals surface area contributed by atoms with E-state index in [2.05, 4.69) is 20.8 Å². The molecule has 0 aromatic rings. The van der Waals surface area contributed by atoms with Gasteiger partial charge in [-0.3, -0.25) is 9.59 Å². The van der Waals surface area contributed by atoms with Crippen LogP contribution in [0.3, 0.4) is 0 Å². The van der Waals surface area contributed by atoms with Gasteiger partial charge in [0.2, 0.25) is 0 Å². The van der Waals surface area contributed by atoms with Crippen molar-refractivity contribution in [1.82, 2.24) is 0 Å². The molecule has 4 nitrogen and oxygen atoms in total. The monoisotopic (exact) mass is 398 g/mol. The first kappa shape index (κ1) is 26.9. The molecule has 0 aromatic carbocycles. The van der Waals surface area contributed by atoms with Gasteiger partial charge in [-0.2, -0.15) is 0 Å². The predicted molar refractivity (Wildman–Crippen MR) is 116 cm³/mol. The van der Waals surface area contributed by atoms with Crippen LogP contribution in [0, 0.1) is 5.92 Å². The number of hydrogen-bond donors (Lipinski definition) is 0.